The Hall–Kier alpha value is -1.10. The van der Waals surface area contributed by atoms with Crippen LogP contribution in [0.4, 0.5) is 0 Å². The predicted molar refractivity (Wildman–Crippen MR) is 47.9 cm³/mol. The molecule has 76 valence electrons. The first-order chi connectivity index (χ1) is 6.11. The summed E-state index contributed by atoms with van der Waals surface area (Å²) in [5.74, 6) is 0.0926. The van der Waals surface area contributed by atoms with Gasteiger partial charge in [0.1, 0.15) is 0 Å². The molecule has 1 fully saturated rings. The molecule has 1 heterocycles. The van der Waals surface area contributed by atoms with Crippen LogP contribution in [0.25, 0.3) is 0 Å². The molecule has 1 saturated heterocycles. The summed E-state index contributed by atoms with van der Waals surface area (Å²) < 4.78 is 4.14. The summed E-state index contributed by atoms with van der Waals surface area (Å²) in [4.78, 5) is 20.3. The zero-order valence-corrected chi connectivity index (χ0v) is 8.00. The summed E-state index contributed by atoms with van der Waals surface area (Å²) in [6.07, 6.45) is 1.01. The zero-order valence-electron chi connectivity index (χ0n) is 8.00. The maximum absolute atomic E-state index is 10.5. The Labute approximate surface area is 77.6 Å². The highest BCUT2D eigenvalue weighted by Gasteiger charge is 2.17. The Morgan fingerprint density at radius 3 is 2.46 bits per heavy atom. The lowest BCUT2D eigenvalue weighted by Crippen LogP contribution is -2.16. The molecule has 0 aromatic rings. The Morgan fingerprint density at radius 2 is 2.38 bits per heavy atom. The van der Waals surface area contributed by atoms with E-state index < -0.39 is 0 Å². The number of hydrogen-bond acceptors (Lipinski definition) is 4. The lowest BCUT2D eigenvalue weighted by atomic mass is 10.1. The lowest BCUT2D eigenvalue weighted by molar-refractivity contribution is -0.138. The molecule has 0 unspecified atom stereocenters. The van der Waals surface area contributed by atoms with Crippen molar-refractivity contribution < 1.29 is 14.3 Å². The van der Waals surface area contributed by atoms with Crippen LogP contribution in [-0.4, -0.2) is 32.1 Å². The van der Waals surface area contributed by atoms with Crippen LogP contribution in [0, 0.1) is 5.92 Å². The van der Waals surface area contributed by atoms with Gasteiger partial charge in [-0.15, -0.1) is 0 Å². The summed E-state index contributed by atoms with van der Waals surface area (Å²) in [5, 5.41) is 2.73. The van der Waals surface area contributed by atoms with Crippen molar-refractivity contribution >= 4 is 11.9 Å². The van der Waals surface area contributed by atoms with Gasteiger partial charge in [0.25, 0.3) is 0 Å². The molecule has 5 nitrogen and oxygen atoms in total. The van der Waals surface area contributed by atoms with E-state index in [0.29, 0.717) is 0 Å². The van der Waals surface area contributed by atoms with Crippen molar-refractivity contribution in [2.45, 2.75) is 13.3 Å². The van der Waals surface area contributed by atoms with Gasteiger partial charge in [-0.2, -0.15) is 0 Å². The van der Waals surface area contributed by atoms with Crippen molar-refractivity contribution in [3.05, 3.63) is 0 Å². The first-order valence-corrected chi connectivity index (χ1v) is 4.16. The molecule has 0 radical (unpaired) electrons. The quantitative estimate of drug-likeness (QED) is 0.531. The minimum absolute atomic E-state index is 0.0312. The standard InChI is InChI=1S/C5H9NO.C3H7NO2/c1-4-2-3-6-5(4)7;1-6-3(5)2-4/h4H,2-3H2,1H3,(H,6,7);2,4H2,1H3/t4-;/m1./s1. The van der Waals surface area contributed by atoms with Crippen LogP contribution in [-0.2, 0) is 14.3 Å². The SMILES string of the molecule is COC(=O)CN.C[C@@H]1CCNC1=O. The summed E-state index contributed by atoms with van der Waals surface area (Å²) in [5.41, 5.74) is 4.81. The second kappa shape index (κ2) is 6.42. The van der Waals surface area contributed by atoms with Gasteiger partial charge in [0.2, 0.25) is 5.91 Å². The van der Waals surface area contributed by atoms with Gasteiger partial charge in [-0.1, -0.05) is 6.92 Å². The number of nitrogens with two attached hydrogens (primary N) is 1. The fraction of sp³-hybridized carbons (Fsp3) is 0.750. The van der Waals surface area contributed by atoms with Crippen molar-refractivity contribution in [1.82, 2.24) is 5.32 Å². The number of amides is 1. The number of carbonyl (C=O) groups is 2. The van der Waals surface area contributed by atoms with Gasteiger partial charge in [0.05, 0.1) is 13.7 Å². The number of esters is 1. The summed E-state index contributed by atoms with van der Waals surface area (Å²) in [6, 6.07) is 0. The smallest absolute Gasteiger partial charge is 0.319 e. The first kappa shape index (κ1) is 11.9. The van der Waals surface area contributed by atoms with Gasteiger partial charge in [-0.05, 0) is 6.42 Å². The van der Waals surface area contributed by atoms with E-state index in [1.807, 2.05) is 6.92 Å². The minimum atomic E-state index is -0.380. The molecule has 1 aliphatic rings. The molecule has 0 aliphatic carbocycles. The number of methoxy groups -OCH3 is 1. The summed E-state index contributed by atoms with van der Waals surface area (Å²) in [6.45, 7) is 2.79. The second-order valence-corrected chi connectivity index (χ2v) is 2.76. The topological polar surface area (TPSA) is 81.4 Å². The maximum atomic E-state index is 10.5. The van der Waals surface area contributed by atoms with E-state index in [4.69, 9.17) is 5.73 Å². The van der Waals surface area contributed by atoms with E-state index in [2.05, 4.69) is 10.1 Å². The molecule has 0 aromatic heterocycles. The van der Waals surface area contributed by atoms with Crippen molar-refractivity contribution in [3.63, 3.8) is 0 Å². The fourth-order valence-electron chi connectivity index (χ4n) is 0.801. The molecular weight excluding hydrogens is 172 g/mol. The van der Waals surface area contributed by atoms with Crippen LogP contribution in [0.5, 0.6) is 0 Å². The third-order valence-electron chi connectivity index (χ3n) is 1.72. The van der Waals surface area contributed by atoms with Gasteiger partial charge in [0, 0.05) is 12.5 Å². The molecule has 0 bridgehead atoms. The third-order valence-corrected chi connectivity index (χ3v) is 1.72. The normalized spacial score (nSPS) is 19.9. The summed E-state index contributed by atoms with van der Waals surface area (Å²) in [7, 11) is 1.30. The molecule has 0 spiro atoms. The lowest BCUT2D eigenvalue weighted by Gasteiger charge is -1.90. The molecule has 1 atom stereocenters. The average Bonchev–Trinajstić information content (AvgIpc) is 2.51. The molecule has 0 aromatic carbocycles. The van der Waals surface area contributed by atoms with Crippen LogP contribution < -0.4 is 11.1 Å². The van der Waals surface area contributed by atoms with E-state index >= 15 is 0 Å². The van der Waals surface area contributed by atoms with Gasteiger partial charge in [0.15, 0.2) is 0 Å². The van der Waals surface area contributed by atoms with Crippen LogP contribution >= 0.6 is 0 Å². The van der Waals surface area contributed by atoms with Gasteiger partial charge in [-0.25, -0.2) is 0 Å². The Morgan fingerprint density at radius 1 is 1.77 bits per heavy atom. The predicted octanol–water partition coefficient (Wildman–Crippen LogP) is -0.739. The molecule has 1 amide bonds. The first-order valence-electron chi connectivity index (χ1n) is 4.16. The van der Waals surface area contributed by atoms with Crippen molar-refractivity contribution in [1.29, 1.82) is 0 Å². The number of rotatable bonds is 1. The van der Waals surface area contributed by atoms with Crippen molar-refractivity contribution in [2.75, 3.05) is 20.2 Å². The van der Waals surface area contributed by atoms with Crippen LogP contribution in [0.2, 0.25) is 0 Å². The second-order valence-electron chi connectivity index (χ2n) is 2.76. The number of ether oxygens (including phenoxy) is 1. The van der Waals surface area contributed by atoms with Crippen LogP contribution in [0.3, 0.4) is 0 Å². The number of carbonyl (C=O) groups excluding carboxylic acids is 2. The van der Waals surface area contributed by atoms with Gasteiger partial charge >= 0.3 is 5.97 Å². The van der Waals surface area contributed by atoms with Crippen molar-refractivity contribution in [2.24, 2.45) is 11.7 Å². The van der Waals surface area contributed by atoms with Crippen LogP contribution in [0.15, 0.2) is 0 Å². The van der Waals surface area contributed by atoms with E-state index in [0.717, 1.165) is 13.0 Å². The van der Waals surface area contributed by atoms with E-state index in [-0.39, 0.29) is 24.3 Å². The number of nitrogens with one attached hydrogen (secondary N) is 1. The number of hydrogen-bond donors (Lipinski definition) is 2. The largest absolute Gasteiger partial charge is 0.468 e. The van der Waals surface area contributed by atoms with Crippen molar-refractivity contribution in [3.8, 4) is 0 Å². The highest BCUT2D eigenvalue weighted by Crippen LogP contribution is 2.05. The third kappa shape index (κ3) is 5.19. The average molecular weight is 188 g/mol. The Bertz CT molecular complexity index is 176. The Kier molecular flexibility index (Phi) is 5.88. The fourth-order valence-corrected chi connectivity index (χ4v) is 0.801. The molecule has 1 rings (SSSR count). The molecule has 13 heavy (non-hydrogen) atoms. The molecule has 0 saturated carbocycles. The summed E-state index contributed by atoms with van der Waals surface area (Å²) >= 11 is 0. The molecule has 5 heteroatoms. The van der Waals surface area contributed by atoms with E-state index in [1.54, 1.807) is 0 Å². The van der Waals surface area contributed by atoms with Gasteiger partial charge < -0.3 is 15.8 Å². The van der Waals surface area contributed by atoms with E-state index in [9.17, 15) is 9.59 Å². The van der Waals surface area contributed by atoms with Gasteiger partial charge in [-0.3, -0.25) is 9.59 Å². The highest BCUT2D eigenvalue weighted by molar-refractivity contribution is 5.80. The highest BCUT2D eigenvalue weighted by atomic mass is 16.5. The van der Waals surface area contributed by atoms with Crippen LogP contribution in [0.1, 0.15) is 13.3 Å². The van der Waals surface area contributed by atoms with E-state index in [1.165, 1.54) is 7.11 Å². The molecule has 1 aliphatic heterocycles. The monoisotopic (exact) mass is 188 g/mol. The molecular formula is C8H16N2O3. The molecule has 3 N–H and O–H groups in total. The zero-order chi connectivity index (χ0) is 10.3. The maximum Gasteiger partial charge on any atom is 0.319 e. The Balaban J connectivity index is 0.000000226. The minimum Gasteiger partial charge on any atom is -0.468 e.